The smallest absolute Gasteiger partial charge is 0.0206 e. The Morgan fingerprint density at radius 2 is 1.72 bits per heavy atom. The molecule has 0 spiro atoms. The van der Waals surface area contributed by atoms with Crippen molar-refractivity contribution in [3.8, 4) is 0 Å². The number of hydrogen-bond donors (Lipinski definition) is 2. The second-order valence-corrected chi connectivity index (χ2v) is 4.80. The molecule has 0 atom stereocenters. The van der Waals surface area contributed by atoms with Crippen molar-refractivity contribution in [2.75, 3.05) is 19.6 Å². The maximum Gasteiger partial charge on any atom is 0.0206 e. The van der Waals surface area contributed by atoms with Crippen molar-refractivity contribution in [3.05, 3.63) is 59.2 Å². The van der Waals surface area contributed by atoms with Gasteiger partial charge in [-0.3, -0.25) is 0 Å². The molecule has 2 rings (SSSR count). The Kier molecular flexibility index (Phi) is 5.18. The summed E-state index contributed by atoms with van der Waals surface area (Å²) in [6.45, 7) is 6.11. The Hall–Kier alpha value is -1.38. The molecule has 0 saturated carbocycles. The Bertz CT molecular complexity index is 415. The lowest BCUT2D eigenvalue weighted by Crippen LogP contribution is -2.28. The van der Waals surface area contributed by atoms with E-state index in [0.717, 1.165) is 32.6 Å². The summed E-state index contributed by atoms with van der Waals surface area (Å²) in [5.74, 6) is 0. The lowest BCUT2D eigenvalue weighted by atomic mass is 10.1. The topological polar surface area (TPSA) is 24.1 Å². The molecule has 0 radical (unpaired) electrons. The molecule has 18 heavy (non-hydrogen) atoms. The normalized spacial score (nSPS) is 13.9. The van der Waals surface area contributed by atoms with Gasteiger partial charge in [-0.25, -0.2) is 0 Å². The van der Waals surface area contributed by atoms with Gasteiger partial charge < -0.3 is 10.6 Å². The predicted molar refractivity (Wildman–Crippen MR) is 77.6 cm³/mol. The molecule has 2 N–H and O–H groups in total. The minimum absolute atomic E-state index is 0.951. The van der Waals surface area contributed by atoms with Crippen LogP contribution in [0.1, 0.15) is 17.5 Å². The van der Waals surface area contributed by atoms with E-state index in [4.69, 9.17) is 0 Å². The first-order chi connectivity index (χ1) is 8.84. The third kappa shape index (κ3) is 4.47. The lowest BCUT2D eigenvalue weighted by molar-refractivity contribution is 0.628. The largest absolute Gasteiger partial charge is 0.312 e. The highest BCUT2D eigenvalue weighted by atomic mass is 14.9. The summed E-state index contributed by atoms with van der Waals surface area (Å²) in [6.07, 6.45) is 7.65. The second kappa shape index (κ2) is 7.14. The van der Waals surface area contributed by atoms with Gasteiger partial charge in [-0.2, -0.15) is 0 Å². The van der Waals surface area contributed by atoms with Crippen molar-refractivity contribution in [2.45, 2.75) is 19.9 Å². The van der Waals surface area contributed by atoms with E-state index in [1.165, 1.54) is 16.7 Å². The zero-order valence-corrected chi connectivity index (χ0v) is 11.1. The van der Waals surface area contributed by atoms with Gasteiger partial charge in [0.05, 0.1) is 0 Å². The monoisotopic (exact) mass is 242 g/mol. The third-order valence-electron chi connectivity index (χ3n) is 3.13. The minimum atomic E-state index is 0.951. The fourth-order valence-corrected chi connectivity index (χ4v) is 1.99. The molecular formula is C16H22N2. The maximum atomic E-state index is 3.45. The average Bonchev–Trinajstić information content (AvgIpc) is 2.89. The first-order valence-electron chi connectivity index (χ1n) is 6.66. The van der Waals surface area contributed by atoms with Crippen LogP contribution in [0.15, 0.2) is 48.1 Å². The minimum Gasteiger partial charge on any atom is -0.312 e. The number of benzene rings is 1. The van der Waals surface area contributed by atoms with E-state index in [1.807, 2.05) is 0 Å². The van der Waals surface area contributed by atoms with Crippen molar-refractivity contribution >= 4 is 0 Å². The standard InChI is InChI=1S/C16H22N2/c1-14-6-8-16(9-7-14)13-18-11-10-17-12-15-4-2-3-5-15/h2-4,6-9,17-18H,5,10-13H2,1H3. The summed E-state index contributed by atoms with van der Waals surface area (Å²) < 4.78 is 0. The maximum absolute atomic E-state index is 3.45. The summed E-state index contributed by atoms with van der Waals surface area (Å²) in [5.41, 5.74) is 4.15. The van der Waals surface area contributed by atoms with E-state index in [-0.39, 0.29) is 0 Å². The van der Waals surface area contributed by atoms with Gasteiger partial charge in [0.1, 0.15) is 0 Å². The summed E-state index contributed by atoms with van der Waals surface area (Å²) in [4.78, 5) is 0. The van der Waals surface area contributed by atoms with Crippen LogP contribution >= 0.6 is 0 Å². The molecule has 0 saturated heterocycles. The van der Waals surface area contributed by atoms with E-state index < -0.39 is 0 Å². The number of aryl methyl sites for hydroxylation is 1. The lowest BCUT2D eigenvalue weighted by Gasteiger charge is -2.07. The van der Waals surface area contributed by atoms with E-state index >= 15 is 0 Å². The molecule has 96 valence electrons. The van der Waals surface area contributed by atoms with Crippen LogP contribution in [0.4, 0.5) is 0 Å². The Morgan fingerprint density at radius 1 is 1.00 bits per heavy atom. The highest BCUT2D eigenvalue weighted by Gasteiger charge is 1.98. The van der Waals surface area contributed by atoms with Crippen LogP contribution in [0.5, 0.6) is 0 Å². The molecule has 1 aliphatic rings. The quantitative estimate of drug-likeness (QED) is 0.718. The number of allylic oxidation sites excluding steroid dienone is 3. The van der Waals surface area contributed by atoms with E-state index in [9.17, 15) is 0 Å². The summed E-state index contributed by atoms with van der Waals surface area (Å²) in [6, 6.07) is 8.69. The Morgan fingerprint density at radius 3 is 2.39 bits per heavy atom. The van der Waals surface area contributed by atoms with Gasteiger partial charge in [-0.15, -0.1) is 0 Å². The average molecular weight is 242 g/mol. The summed E-state index contributed by atoms with van der Waals surface area (Å²) >= 11 is 0. The number of rotatable bonds is 7. The van der Waals surface area contributed by atoms with Crippen LogP contribution in [0.25, 0.3) is 0 Å². The zero-order chi connectivity index (χ0) is 12.6. The third-order valence-corrected chi connectivity index (χ3v) is 3.13. The molecular weight excluding hydrogens is 220 g/mol. The van der Waals surface area contributed by atoms with Crippen LogP contribution in [0.2, 0.25) is 0 Å². The fraction of sp³-hybridized carbons (Fsp3) is 0.375. The molecule has 0 bridgehead atoms. The van der Waals surface area contributed by atoms with Crippen molar-refractivity contribution in [1.82, 2.24) is 10.6 Å². The van der Waals surface area contributed by atoms with Gasteiger partial charge in [-0.05, 0) is 18.9 Å². The van der Waals surface area contributed by atoms with Crippen LogP contribution < -0.4 is 10.6 Å². The van der Waals surface area contributed by atoms with Crippen molar-refractivity contribution in [2.24, 2.45) is 0 Å². The van der Waals surface area contributed by atoms with Crippen LogP contribution in [0.3, 0.4) is 0 Å². The SMILES string of the molecule is Cc1ccc(CNCCNCC2=CC=CC2)cc1. The fourth-order valence-electron chi connectivity index (χ4n) is 1.99. The highest BCUT2D eigenvalue weighted by Crippen LogP contribution is 2.07. The first kappa shape index (κ1) is 13.1. The molecule has 0 amide bonds. The summed E-state index contributed by atoms with van der Waals surface area (Å²) in [7, 11) is 0. The van der Waals surface area contributed by atoms with Crippen molar-refractivity contribution in [3.63, 3.8) is 0 Å². The first-order valence-corrected chi connectivity index (χ1v) is 6.66. The molecule has 0 aromatic heterocycles. The molecule has 1 aromatic rings. The Balaban J connectivity index is 1.52. The van der Waals surface area contributed by atoms with Crippen LogP contribution in [-0.4, -0.2) is 19.6 Å². The van der Waals surface area contributed by atoms with Crippen LogP contribution in [-0.2, 0) is 6.54 Å². The van der Waals surface area contributed by atoms with Crippen LogP contribution in [0, 0.1) is 6.92 Å². The molecule has 0 fully saturated rings. The number of nitrogens with one attached hydrogen (secondary N) is 2. The van der Waals surface area contributed by atoms with Crippen molar-refractivity contribution in [1.29, 1.82) is 0 Å². The van der Waals surface area contributed by atoms with Gasteiger partial charge in [0.2, 0.25) is 0 Å². The Labute approximate surface area is 110 Å². The molecule has 0 heterocycles. The zero-order valence-electron chi connectivity index (χ0n) is 11.1. The molecule has 1 aliphatic carbocycles. The van der Waals surface area contributed by atoms with E-state index in [0.29, 0.717) is 0 Å². The van der Waals surface area contributed by atoms with Crippen molar-refractivity contribution < 1.29 is 0 Å². The van der Waals surface area contributed by atoms with E-state index in [2.05, 4.69) is 60.1 Å². The van der Waals surface area contributed by atoms with Gasteiger partial charge >= 0.3 is 0 Å². The molecule has 2 nitrogen and oxygen atoms in total. The molecule has 2 heteroatoms. The van der Waals surface area contributed by atoms with Gasteiger partial charge in [0, 0.05) is 26.2 Å². The summed E-state index contributed by atoms with van der Waals surface area (Å²) in [5, 5.41) is 6.90. The number of hydrogen-bond acceptors (Lipinski definition) is 2. The van der Waals surface area contributed by atoms with Gasteiger partial charge in [0.15, 0.2) is 0 Å². The molecule has 1 aromatic carbocycles. The molecule has 0 aliphatic heterocycles. The van der Waals surface area contributed by atoms with Gasteiger partial charge in [0.25, 0.3) is 0 Å². The highest BCUT2D eigenvalue weighted by molar-refractivity contribution is 5.24. The van der Waals surface area contributed by atoms with Gasteiger partial charge in [-0.1, -0.05) is 53.6 Å². The predicted octanol–water partition coefficient (Wildman–Crippen LogP) is 2.56. The van der Waals surface area contributed by atoms with E-state index in [1.54, 1.807) is 0 Å². The second-order valence-electron chi connectivity index (χ2n) is 4.80. The molecule has 0 unspecified atom stereocenters.